The van der Waals surface area contributed by atoms with Gasteiger partial charge in [-0.2, -0.15) is 0 Å². The fraction of sp³-hybridized carbons (Fsp3) is 0.615. The minimum absolute atomic E-state index is 0.620. The molecule has 0 unspecified atom stereocenters. The van der Waals surface area contributed by atoms with Crippen molar-refractivity contribution in [3.63, 3.8) is 0 Å². The summed E-state index contributed by atoms with van der Waals surface area (Å²) in [5, 5.41) is 9.13. The Morgan fingerprint density at radius 3 is 2.53 bits per heavy atom. The van der Waals surface area contributed by atoms with Crippen LogP contribution in [0.15, 0.2) is 22.8 Å². The second-order valence-electron chi connectivity index (χ2n) is 3.96. The second-order valence-corrected chi connectivity index (χ2v) is 3.96. The molecule has 2 nitrogen and oxygen atoms in total. The lowest BCUT2D eigenvalue weighted by atomic mass is 9.85. The summed E-state index contributed by atoms with van der Waals surface area (Å²) in [7, 11) is 0. The third-order valence-electron chi connectivity index (χ3n) is 2.94. The predicted octanol–water partition coefficient (Wildman–Crippen LogP) is 3.69. The van der Waals surface area contributed by atoms with Gasteiger partial charge in [0.2, 0.25) is 0 Å². The van der Waals surface area contributed by atoms with Gasteiger partial charge in [-0.3, -0.25) is 0 Å². The highest BCUT2D eigenvalue weighted by Crippen LogP contribution is 2.32. The Labute approximate surface area is 91.7 Å². The molecular formula is C13H20O2. The Morgan fingerprint density at radius 1 is 1.33 bits per heavy atom. The maximum atomic E-state index is 11.1. The van der Waals surface area contributed by atoms with E-state index in [1.165, 1.54) is 12.0 Å². The first-order valence-corrected chi connectivity index (χ1v) is 5.85. The van der Waals surface area contributed by atoms with Crippen LogP contribution >= 0.6 is 0 Å². The quantitative estimate of drug-likeness (QED) is 0.718. The molecule has 0 aromatic heterocycles. The van der Waals surface area contributed by atoms with Crippen molar-refractivity contribution in [2.45, 2.75) is 52.4 Å². The average molecular weight is 208 g/mol. The zero-order chi connectivity index (χ0) is 11.3. The van der Waals surface area contributed by atoms with E-state index >= 15 is 0 Å². The molecule has 1 rings (SSSR count). The fourth-order valence-electron chi connectivity index (χ4n) is 2.24. The van der Waals surface area contributed by atoms with E-state index in [1.54, 1.807) is 0 Å². The summed E-state index contributed by atoms with van der Waals surface area (Å²) in [6.07, 6.45) is 8.15. The molecule has 0 spiro atoms. The molecule has 0 bridgehead atoms. The number of hydrogen-bond donors (Lipinski definition) is 1. The highest BCUT2D eigenvalue weighted by atomic mass is 16.4. The molecule has 0 aliphatic heterocycles. The third kappa shape index (κ3) is 2.95. The lowest BCUT2D eigenvalue weighted by Gasteiger charge is -2.20. The van der Waals surface area contributed by atoms with Crippen molar-refractivity contribution in [2.24, 2.45) is 0 Å². The van der Waals surface area contributed by atoms with Crippen LogP contribution in [-0.4, -0.2) is 11.1 Å². The van der Waals surface area contributed by atoms with Crippen molar-refractivity contribution in [1.29, 1.82) is 0 Å². The van der Waals surface area contributed by atoms with Crippen LogP contribution in [0.1, 0.15) is 52.4 Å². The van der Waals surface area contributed by atoms with Crippen LogP contribution in [0.3, 0.4) is 0 Å². The largest absolute Gasteiger partial charge is 0.478 e. The van der Waals surface area contributed by atoms with Crippen LogP contribution in [0.25, 0.3) is 0 Å². The van der Waals surface area contributed by atoms with Gasteiger partial charge < -0.3 is 5.11 Å². The van der Waals surface area contributed by atoms with Crippen molar-refractivity contribution >= 4 is 5.97 Å². The van der Waals surface area contributed by atoms with Gasteiger partial charge >= 0.3 is 5.97 Å². The summed E-state index contributed by atoms with van der Waals surface area (Å²) in [6.45, 7) is 4.03. The van der Waals surface area contributed by atoms with Crippen molar-refractivity contribution in [3.05, 3.63) is 22.8 Å². The van der Waals surface area contributed by atoms with E-state index in [2.05, 4.69) is 13.0 Å². The molecule has 1 fully saturated rings. The van der Waals surface area contributed by atoms with E-state index in [-0.39, 0.29) is 0 Å². The van der Waals surface area contributed by atoms with Crippen LogP contribution in [0.5, 0.6) is 0 Å². The van der Waals surface area contributed by atoms with Gasteiger partial charge in [-0.1, -0.05) is 19.9 Å². The van der Waals surface area contributed by atoms with Crippen molar-refractivity contribution in [1.82, 2.24) is 0 Å². The fourth-order valence-corrected chi connectivity index (χ4v) is 2.24. The molecule has 0 atom stereocenters. The van der Waals surface area contributed by atoms with Crippen LogP contribution in [0.4, 0.5) is 0 Å². The van der Waals surface area contributed by atoms with Crippen molar-refractivity contribution < 1.29 is 9.90 Å². The monoisotopic (exact) mass is 208 g/mol. The molecule has 1 aliphatic rings. The number of carbonyl (C=O) groups is 1. The Hall–Kier alpha value is -1.05. The van der Waals surface area contributed by atoms with Gasteiger partial charge in [0.25, 0.3) is 0 Å². The molecule has 1 saturated carbocycles. The summed E-state index contributed by atoms with van der Waals surface area (Å²) in [5.74, 6) is -0.739. The Balaban J connectivity index is 3.06. The molecule has 84 valence electrons. The molecule has 0 heterocycles. The SMILES string of the molecule is CC/C=C1\CCCC\C1=C(/CC)C(=O)O. The van der Waals surface area contributed by atoms with Crippen LogP contribution in [0.2, 0.25) is 0 Å². The van der Waals surface area contributed by atoms with Crippen LogP contribution < -0.4 is 0 Å². The van der Waals surface area contributed by atoms with E-state index < -0.39 is 5.97 Å². The Bertz CT molecular complexity index is 298. The Kier molecular flexibility index (Phi) is 4.60. The molecule has 0 radical (unpaired) electrons. The lowest BCUT2D eigenvalue weighted by molar-refractivity contribution is -0.132. The summed E-state index contributed by atoms with van der Waals surface area (Å²) < 4.78 is 0. The van der Waals surface area contributed by atoms with Crippen molar-refractivity contribution in [2.75, 3.05) is 0 Å². The lowest BCUT2D eigenvalue weighted by Crippen LogP contribution is -2.09. The zero-order valence-corrected chi connectivity index (χ0v) is 9.68. The molecule has 15 heavy (non-hydrogen) atoms. The van der Waals surface area contributed by atoms with Gasteiger partial charge in [-0.15, -0.1) is 0 Å². The number of carboxylic acids is 1. The molecular weight excluding hydrogens is 188 g/mol. The maximum Gasteiger partial charge on any atom is 0.331 e. The minimum Gasteiger partial charge on any atom is -0.478 e. The molecule has 0 aromatic carbocycles. The van der Waals surface area contributed by atoms with Gasteiger partial charge in [0.05, 0.1) is 0 Å². The summed E-state index contributed by atoms with van der Waals surface area (Å²) >= 11 is 0. The van der Waals surface area contributed by atoms with Crippen LogP contribution in [-0.2, 0) is 4.79 Å². The molecule has 1 aliphatic carbocycles. The number of hydrogen-bond acceptors (Lipinski definition) is 1. The second kappa shape index (κ2) is 5.74. The number of carboxylic acid groups (broad SMARTS) is 1. The number of allylic oxidation sites excluding steroid dienone is 3. The minimum atomic E-state index is -0.739. The molecule has 0 amide bonds. The van der Waals surface area contributed by atoms with Gasteiger partial charge in [-0.25, -0.2) is 4.79 Å². The smallest absolute Gasteiger partial charge is 0.331 e. The maximum absolute atomic E-state index is 11.1. The summed E-state index contributed by atoms with van der Waals surface area (Å²) in [4.78, 5) is 11.1. The first-order chi connectivity index (χ1) is 7.20. The van der Waals surface area contributed by atoms with E-state index in [9.17, 15) is 4.79 Å². The highest BCUT2D eigenvalue weighted by molar-refractivity contribution is 5.88. The van der Waals surface area contributed by atoms with E-state index in [0.29, 0.717) is 12.0 Å². The zero-order valence-electron chi connectivity index (χ0n) is 9.68. The average Bonchev–Trinajstić information content (AvgIpc) is 2.21. The summed E-state index contributed by atoms with van der Waals surface area (Å²) in [6, 6.07) is 0. The Morgan fingerprint density at radius 2 is 2.00 bits per heavy atom. The van der Waals surface area contributed by atoms with E-state index in [1.807, 2.05) is 6.92 Å². The van der Waals surface area contributed by atoms with Gasteiger partial charge in [0.15, 0.2) is 0 Å². The first kappa shape index (κ1) is 12.0. The van der Waals surface area contributed by atoms with E-state index in [4.69, 9.17) is 5.11 Å². The topological polar surface area (TPSA) is 37.3 Å². The van der Waals surface area contributed by atoms with Gasteiger partial charge in [0, 0.05) is 5.57 Å². The summed E-state index contributed by atoms with van der Waals surface area (Å²) in [5.41, 5.74) is 3.01. The number of rotatable bonds is 3. The van der Waals surface area contributed by atoms with Crippen molar-refractivity contribution in [3.8, 4) is 0 Å². The normalized spacial score (nSPS) is 22.9. The van der Waals surface area contributed by atoms with E-state index in [0.717, 1.165) is 31.3 Å². The standard InChI is InChI=1S/C13H20O2/c1-3-7-10-8-5-6-9-12(10)11(4-2)13(14)15/h7H,3-6,8-9H2,1-2H3,(H,14,15)/b10-7+,12-11-. The number of aliphatic carboxylic acids is 1. The molecule has 0 saturated heterocycles. The van der Waals surface area contributed by atoms with Gasteiger partial charge in [0.1, 0.15) is 0 Å². The third-order valence-corrected chi connectivity index (χ3v) is 2.94. The predicted molar refractivity (Wildman–Crippen MR) is 61.8 cm³/mol. The first-order valence-electron chi connectivity index (χ1n) is 5.85. The molecule has 0 aromatic rings. The molecule has 2 heteroatoms. The van der Waals surface area contributed by atoms with Gasteiger partial charge in [-0.05, 0) is 49.7 Å². The van der Waals surface area contributed by atoms with Crippen LogP contribution in [0, 0.1) is 0 Å². The highest BCUT2D eigenvalue weighted by Gasteiger charge is 2.18. The molecule has 1 N–H and O–H groups in total.